The second-order valence-electron chi connectivity index (χ2n) is 8.30. The van der Waals surface area contributed by atoms with Crippen molar-refractivity contribution in [3.8, 4) is 11.3 Å². The summed E-state index contributed by atoms with van der Waals surface area (Å²) in [7, 11) is 0. The number of nitrogens with zero attached hydrogens (tertiary/aromatic N) is 5. The largest absolute Gasteiger partial charge is 0.419 e. The van der Waals surface area contributed by atoms with Crippen LogP contribution in [0.15, 0.2) is 18.3 Å². The van der Waals surface area contributed by atoms with Crippen molar-refractivity contribution in [1.29, 1.82) is 0 Å². The lowest BCUT2D eigenvalue weighted by molar-refractivity contribution is -0.137. The second kappa shape index (κ2) is 5.71. The first-order chi connectivity index (χ1) is 13.9. The number of rotatable bonds is 3. The lowest BCUT2D eigenvalue weighted by atomic mass is 9.86. The molecule has 1 aliphatic carbocycles. The van der Waals surface area contributed by atoms with E-state index in [1.165, 1.54) is 6.20 Å². The maximum Gasteiger partial charge on any atom is 0.419 e. The summed E-state index contributed by atoms with van der Waals surface area (Å²) in [4.78, 5) is 17.5. The minimum Gasteiger partial charge on any atom is -0.383 e. The summed E-state index contributed by atoms with van der Waals surface area (Å²) in [6.45, 7) is 2.28. The molecule has 1 saturated carbocycles. The zero-order valence-electron chi connectivity index (χ0n) is 15.4. The Balaban J connectivity index is 1.43. The Labute approximate surface area is 164 Å². The maximum atomic E-state index is 13.3. The first-order valence-electron chi connectivity index (χ1n) is 9.74. The summed E-state index contributed by atoms with van der Waals surface area (Å²) in [5.74, 6) is 1.44. The van der Waals surface area contributed by atoms with Crippen molar-refractivity contribution < 1.29 is 17.9 Å². The molecular formula is C19H19F3N6O. The molecule has 6 heterocycles. The van der Waals surface area contributed by atoms with Gasteiger partial charge in [-0.25, -0.2) is 9.97 Å². The molecule has 0 radical (unpaired) electrons. The third-order valence-corrected chi connectivity index (χ3v) is 6.57. The maximum absolute atomic E-state index is 13.3. The fraction of sp³-hybridized carbons (Fsp3) is 0.526. The number of alkyl halides is 3. The van der Waals surface area contributed by atoms with Crippen LogP contribution in [0, 0.1) is 5.92 Å². The molecule has 10 heteroatoms. The Bertz CT molecular complexity index is 992. The Morgan fingerprint density at radius 1 is 1.10 bits per heavy atom. The summed E-state index contributed by atoms with van der Waals surface area (Å²) in [6.07, 6.45) is -0.739. The molecule has 5 aliphatic rings. The van der Waals surface area contributed by atoms with E-state index in [-0.39, 0.29) is 17.7 Å². The van der Waals surface area contributed by atoms with Gasteiger partial charge in [-0.2, -0.15) is 18.2 Å². The molecule has 4 aliphatic heterocycles. The van der Waals surface area contributed by atoms with Gasteiger partial charge in [0.05, 0.1) is 30.0 Å². The van der Waals surface area contributed by atoms with Crippen molar-refractivity contribution in [2.45, 2.75) is 37.2 Å². The van der Waals surface area contributed by atoms with Crippen molar-refractivity contribution in [2.75, 3.05) is 35.2 Å². The van der Waals surface area contributed by atoms with Crippen molar-refractivity contribution in [3.63, 3.8) is 0 Å². The van der Waals surface area contributed by atoms with E-state index in [4.69, 9.17) is 15.5 Å². The van der Waals surface area contributed by atoms with Crippen molar-refractivity contribution in [1.82, 2.24) is 15.0 Å². The number of aromatic nitrogens is 3. The predicted molar refractivity (Wildman–Crippen MR) is 99.4 cm³/mol. The Hall–Kier alpha value is -2.62. The molecule has 7 nitrogen and oxygen atoms in total. The highest BCUT2D eigenvalue weighted by molar-refractivity contribution is 5.68. The smallest absolute Gasteiger partial charge is 0.383 e. The van der Waals surface area contributed by atoms with Crippen LogP contribution < -0.4 is 15.5 Å². The summed E-state index contributed by atoms with van der Waals surface area (Å²) < 4.78 is 45.4. The molecule has 1 unspecified atom stereocenters. The topological polar surface area (TPSA) is 80.4 Å². The van der Waals surface area contributed by atoms with Gasteiger partial charge in [-0.3, -0.25) is 0 Å². The van der Waals surface area contributed by atoms with E-state index in [1.54, 1.807) is 6.07 Å². The number of morpholine rings is 1. The SMILES string of the molecule is Nc1ncc(-c2cc(N3CC4OC[C@H]43)nc(N3CC4CC3C4)n2)cc1C(F)(F)F. The highest BCUT2D eigenvalue weighted by atomic mass is 19.4. The quantitative estimate of drug-likeness (QED) is 0.841. The average molecular weight is 404 g/mol. The first kappa shape index (κ1) is 17.3. The number of anilines is 3. The Morgan fingerprint density at radius 2 is 1.93 bits per heavy atom. The van der Waals surface area contributed by atoms with Gasteiger partial charge in [-0.1, -0.05) is 0 Å². The van der Waals surface area contributed by atoms with Gasteiger partial charge in [0.2, 0.25) is 5.95 Å². The minimum absolute atomic E-state index is 0.228. The molecule has 2 aromatic rings. The molecule has 152 valence electrons. The Morgan fingerprint density at radius 3 is 2.52 bits per heavy atom. The number of nitrogen functional groups attached to an aromatic ring is 1. The van der Waals surface area contributed by atoms with Gasteiger partial charge in [0.15, 0.2) is 0 Å². The average Bonchev–Trinajstić information content (AvgIpc) is 3.24. The van der Waals surface area contributed by atoms with E-state index in [9.17, 15) is 13.2 Å². The number of pyridine rings is 1. The number of hydrogen-bond donors (Lipinski definition) is 1. The van der Waals surface area contributed by atoms with Crippen molar-refractivity contribution >= 4 is 17.6 Å². The van der Waals surface area contributed by atoms with Crippen LogP contribution >= 0.6 is 0 Å². The van der Waals surface area contributed by atoms with Gasteiger partial charge in [0.25, 0.3) is 0 Å². The molecule has 2 N–H and O–H groups in total. The third kappa shape index (κ3) is 2.58. The lowest BCUT2D eigenvalue weighted by Gasteiger charge is -2.55. The zero-order valence-corrected chi connectivity index (χ0v) is 15.4. The molecule has 2 bridgehead atoms. The molecule has 0 amide bonds. The number of halogens is 3. The number of hydrogen-bond acceptors (Lipinski definition) is 7. The fourth-order valence-corrected chi connectivity index (χ4v) is 4.70. The molecule has 7 rings (SSSR count). The summed E-state index contributed by atoms with van der Waals surface area (Å²) >= 11 is 0. The Kier molecular flexibility index (Phi) is 3.40. The van der Waals surface area contributed by atoms with Crippen LogP contribution in [0.2, 0.25) is 0 Å². The van der Waals surface area contributed by atoms with E-state index >= 15 is 0 Å². The van der Waals surface area contributed by atoms with Crippen LogP contribution in [0.3, 0.4) is 0 Å². The van der Waals surface area contributed by atoms with Gasteiger partial charge in [-0.05, 0) is 24.8 Å². The predicted octanol–water partition coefficient (Wildman–Crippen LogP) is 2.33. The zero-order chi connectivity index (χ0) is 19.9. The van der Waals surface area contributed by atoms with E-state index in [0.29, 0.717) is 30.2 Å². The molecule has 29 heavy (non-hydrogen) atoms. The second-order valence-corrected chi connectivity index (χ2v) is 8.30. The highest BCUT2D eigenvalue weighted by Crippen LogP contribution is 2.44. The molecular weight excluding hydrogens is 385 g/mol. The normalized spacial score (nSPS) is 29.8. The van der Waals surface area contributed by atoms with E-state index in [2.05, 4.69) is 19.8 Å². The molecule has 2 aromatic heterocycles. The number of nitrogens with two attached hydrogens (primary N) is 1. The summed E-state index contributed by atoms with van der Waals surface area (Å²) in [6, 6.07) is 3.47. The van der Waals surface area contributed by atoms with E-state index in [1.807, 2.05) is 0 Å². The summed E-state index contributed by atoms with van der Waals surface area (Å²) in [5, 5.41) is 0. The van der Waals surface area contributed by atoms with Crippen molar-refractivity contribution in [2.24, 2.45) is 5.92 Å². The monoisotopic (exact) mass is 404 g/mol. The van der Waals surface area contributed by atoms with Gasteiger partial charge in [0, 0.05) is 37.0 Å². The van der Waals surface area contributed by atoms with Crippen LogP contribution in [0.1, 0.15) is 18.4 Å². The summed E-state index contributed by atoms with van der Waals surface area (Å²) in [5.41, 5.74) is 5.22. The molecule has 5 fully saturated rings. The van der Waals surface area contributed by atoms with Gasteiger partial charge in [-0.15, -0.1) is 0 Å². The van der Waals surface area contributed by atoms with Crippen LogP contribution in [0.4, 0.5) is 30.8 Å². The molecule has 0 aromatic carbocycles. The van der Waals surface area contributed by atoms with E-state index in [0.717, 1.165) is 37.8 Å². The standard InChI is InChI=1S/C19H19F3N6O/c20-19(21,22)12-3-10(5-24-17(12)23)13-4-16(28-7-15-14(28)8-29-15)26-18(25-13)27-6-9-1-11(27)2-9/h3-5,9,11,14-15H,1-2,6-8H2,(H2,23,24)/t9?,11?,14-,15?/m1/s1. The minimum atomic E-state index is -4.57. The molecule has 2 atom stereocenters. The van der Waals surface area contributed by atoms with Crippen LogP contribution in [-0.4, -0.2) is 52.8 Å². The number of ether oxygens (including phenoxy) is 1. The third-order valence-electron chi connectivity index (χ3n) is 6.57. The molecule has 0 spiro atoms. The van der Waals surface area contributed by atoms with Crippen molar-refractivity contribution in [3.05, 3.63) is 23.9 Å². The van der Waals surface area contributed by atoms with Crippen LogP contribution in [0.25, 0.3) is 11.3 Å². The van der Waals surface area contributed by atoms with Gasteiger partial charge in [0.1, 0.15) is 11.6 Å². The van der Waals surface area contributed by atoms with Crippen LogP contribution in [-0.2, 0) is 10.9 Å². The van der Waals surface area contributed by atoms with Gasteiger partial charge < -0.3 is 20.3 Å². The fourth-order valence-electron chi connectivity index (χ4n) is 4.70. The van der Waals surface area contributed by atoms with Gasteiger partial charge >= 0.3 is 6.18 Å². The van der Waals surface area contributed by atoms with Crippen LogP contribution in [0.5, 0.6) is 0 Å². The first-order valence-corrected chi connectivity index (χ1v) is 9.74. The van der Waals surface area contributed by atoms with E-state index < -0.39 is 17.6 Å². The molecule has 4 saturated heterocycles. The lowest BCUT2D eigenvalue weighted by Crippen LogP contribution is -2.71. The highest BCUT2D eigenvalue weighted by Gasteiger charge is 2.49. The number of fused-ring (bicyclic) bond motifs is 2.